The van der Waals surface area contributed by atoms with Crippen molar-refractivity contribution in [2.24, 2.45) is 0 Å². The minimum Gasteiger partial charge on any atom is -0.255 e. The lowest BCUT2D eigenvalue weighted by atomic mass is 10.5. The van der Waals surface area contributed by atoms with E-state index in [9.17, 15) is 4.21 Å². The fourth-order valence-corrected chi connectivity index (χ4v) is 2.08. The lowest BCUT2D eigenvalue weighted by Crippen LogP contribution is -1.89. The van der Waals surface area contributed by atoms with Crippen LogP contribution in [0.3, 0.4) is 0 Å². The minimum absolute atomic E-state index is 0.663. The Balaban J connectivity index is 3.15. The van der Waals surface area contributed by atoms with Crippen LogP contribution in [0.2, 0.25) is 0 Å². The van der Waals surface area contributed by atoms with Gasteiger partial charge in [0.1, 0.15) is 4.60 Å². The summed E-state index contributed by atoms with van der Waals surface area (Å²) < 4.78 is 11.6. The highest BCUT2D eigenvalue weighted by molar-refractivity contribution is 9.10. The van der Waals surface area contributed by atoms with Crippen molar-refractivity contribution in [1.82, 2.24) is 4.98 Å². The zero-order valence-electron chi connectivity index (χ0n) is 5.37. The van der Waals surface area contributed by atoms with Crippen LogP contribution in [0.25, 0.3) is 0 Å². The molecule has 0 fully saturated rings. The smallest absolute Gasteiger partial charge is 0.122 e. The van der Waals surface area contributed by atoms with Gasteiger partial charge in [-0.1, -0.05) is 0 Å². The molecule has 54 valence electrons. The molecule has 1 rings (SSSR count). The predicted molar refractivity (Wildman–Crippen MR) is 44.3 cm³/mol. The number of nitrogens with zero attached hydrogens (tertiary/aromatic N) is 1. The van der Waals surface area contributed by atoms with Crippen LogP contribution in [-0.4, -0.2) is 15.4 Å². The number of aromatic nitrogens is 1. The Morgan fingerprint density at radius 3 is 2.80 bits per heavy atom. The third-order valence-electron chi connectivity index (χ3n) is 1.03. The highest BCUT2D eigenvalue weighted by atomic mass is 79.9. The maximum absolute atomic E-state index is 10.9. The van der Waals surface area contributed by atoms with Crippen molar-refractivity contribution >= 4 is 26.7 Å². The highest BCUT2D eigenvalue weighted by Crippen LogP contribution is 2.14. The van der Waals surface area contributed by atoms with Crippen LogP contribution in [0.5, 0.6) is 0 Å². The van der Waals surface area contributed by atoms with E-state index in [1.165, 1.54) is 0 Å². The molecule has 0 spiro atoms. The molecule has 2 nitrogen and oxygen atoms in total. The zero-order valence-corrected chi connectivity index (χ0v) is 7.78. The van der Waals surface area contributed by atoms with Crippen molar-refractivity contribution < 1.29 is 4.21 Å². The zero-order chi connectivity index (χ0) is 7.56. The van der Waals surface area contributed by atoms with E-state index in [1.807, 2.05) is 0 Å². The molecule has 0 aliphatic heterocycles. The van der Waals surface area contributed by atoms with Crippen LogP contribution in [-0.2, 0) is 10.8 Å². The van der Waals surface area contributed by atoms with Gasteiger partial charge in [0.25, 0.3) is 0 Å². The minimum atomic E-state index is -0.950. The Kier molecular flexibility index (Phi) is 2.56. The van der Waals surface area contributed by atoms with Crippen LogP contribution in [0, 0.1) is 0 Å². The number of hydrogen-bond donors (Lipinski definition) is 0. The molecule has 0 amide bonds. The van der Waals surface area contributed by atoms with E-state index in [4.69, 9.17) is 0 Å². The summed E-state index contributed by atoms with van der Waals surface area (Å²) in [7, 11) is -0.950. The van der Waals surface area contributed by atoms with Crippen LogP contribution in [0.15, 0.2) is 27.8 Å². The number of pyridine rings is 1. The Labute approximate surface area is 70.3 Å². The molecule has 0 bridgehead atoms. The Morgan fingerprint density at radius 2 is 2.40 bits per heavy atom. The lowest BCUT2D eigenvalue weighted by molar-refractivity contribution is 0.686. The summed E-state index contributed by atoms with van der Waals surface area (Å²) in [6.45, 7) is 0. The van der Waals surface area contributed by atoms with Gasteiger partial charge < -0.3 is 0 Å². The fraction of sp³-hybridized carbons (Fsp3) is 0.167. The number of hydrogen-bond acceptors (Lipinski definition) is 2. The summed E-state index contributed by atoms with van der Waals surface area (Å²) in [5, 5.41) is 0. The molecule has 0 aromatic carbocycles. The molecule has 0 N–H and O–H groups in total. The summed E-state index contributed by atoms with van der Waals surface area (Å²) in [4.78, 5) is 4.66. The van der Waals surface area contributed by atoms with Crippen LogP contribution >= 0.6 is 15.9 Å². The van der Waals surface area contributed by atoms with E-state index in [-0.39, 0.29) is 0 Å². The summed E-state index contributed by atoms with van der Waals surface area (Å²) in [5.41, 5.74) is 0. The predicted octanol–water partition coefficient (Wildman–Crippen LogP) is 1.58. The van der Waals surface area contributed by atoms with Crippen molar-refractivity contribution in [2.45, 2.75) is 4.90 Å². The molecule has 1 atom stereocenters. The van der Waals surface area contributed by atoms with Crippen LogP contribution < -0.4 is 0 Å². The number of rotatable bonds is 1. The van der Waals surface area contributed by atoms with E-state index in [0.29, 0.717) is 4.60 Å². The standard InChI is InChI=1S/C6H6BrNOS/c1-10(9)5-3-2-4-8-6(5)7/h2-4H,1H3. The molecule has 1 aromatic rings. The van der Waals surface area contributed by atoms with E-state index < -0.39 is 10.8 Å². The molecule has 10 heavy (non-hydrogen) atoms. The van der Waals surface area contributed by atoms with E-state index in [2.05, 4.69) is 20.9 Å². The van der Waals surface area contributed by atoms with Gasteiger partial charge in [0.2, 0.25) is 0 Å². The molecule has 1 aromatic heterocycles. The average Bonchev–Trinajstić information content (AvgIpc) is 1.88. The van der Waals surface area contributed by atoms with Gasteiger partial charge in [-0.3, -0.25) is 4.21 Å². The third-order valence-corrected chi connectivity index (χ3v) is 2.88. The second-order valence-corrected chi connectivity index (χ2v) is 3.85. The molecule has 1 unspecified atom stereocenters. The first-order valence-corrected chi connectivity index (χ1v) is 5.01. The van der Waals surface area contributed by atoms with Gasteiger partial charge in [0.05, 0.1) is 15.7 Å². The van der Waals surface area contributed by atoms with Crippen LogP contribution in [0.4, 0.5) is 0 Å². The maximum Gasteiger partial charge on any atom is 0.122 e. The van der Waals surface area contributed by atoms with Gasteiger partial charge in [-0.15, -0.1) is 0 Å². The molecule has 0 saturated heterocycles. The van der Waals surface area contributed by atoms with E-state index >= 15 is 0 Å². The normalized spacial score (nSPS) is 13.0. The van der Waals surface area contributed by atoms with Gasteiger partial charge in [0, 0.05) is 12.5 Å². The molecular formula is C6H6BrNOS. The van der Waals surface area contributed by atoms with Gasteiger partial charge in [0.15, 0.2) is 0 Å². The molecular weight excluding hydrogens is 214 g/mol. The first-order chi connectivity index (χ1) is 4.72. The first-order valence-electron chi connectivity index (χ1n) is 2.66. The monoisotopic (exact) mass is 219 g/mol. The molecule has 0 saturated carbocycles. The Hall–Kier alpha value is -0.220. The topological polar surface area (TPSA) is 30.0 Å². The van der Waals surface area contributed by atoms with E-state index in [0.717, 1.165) is 4.90 Å². The number of halogens is 1. The second-order valence-electron chi connectivity index (χ2n) is 1.75. The van der Waals surface area contributed by atoms with E-state index in [1.54, 1.807) is 24.6 Å². The van der Waals surface area contributed by atoms with Crippen molar-refractivity contribution in [3.63, 3.8) is 0 Å². The van der Waals surface area contributed by atoms with Crippen molar-refractivity contribution in [3.05, 3.63) is 22.9 Å². The lowest BCUT2D eigenvalue weighted by Gasteiger charge is -1.95. The van der Waals surface area contributed by atoms with Gasteiger partial charge in [-0.05, 0) is 28.1 Å². The van der Waals surface area contributed by atoms with Gasteiger partial charge in [-0.2, -0.15) is 0 Å². The summed E-state index contributed by atoms with van der Waals surface area (Å²) in [6.07, 6.45) is 3.28. The third kappa shape index (κ3) is 1.64. The largest absolute Gasteiger partial charge is 0.255 e. The Bertz CT molecular complexity index is 264. The molecule has 4 heteroatoms. The van der Waals surface area contributed by atoms with Crippen molar-refractivity contribution in [2.75, 3.05) is 6.26 Å². The van der Waals surface area contributed by atoms with Crippen molar-refractivity contribution in [1.29, 1.82) is 0 Å². The summed E-state index contributed by atoms with van der Waals surface area (Å²) >= 11 is 3.19. The van der Waals surface area contributed by atoms with Gasteiger partial charge in [-0.25, -0.2) is 4.98 Å². The second kappa shape index (κ2) is 3.25. The summed E-state index contributed by atoms with van der Waals surface area (Å²) in [6, 6.07) is 3.55. The maximum atomic E-state index is 10.9. The molecule has 0 aliphatic carbocycles. The first kappa shape index (κ1) is 7.88. The SMILES string of the molecule is CS(=O)c1cccnc1Br. The quantitative estimate of drug-likeness (QED) is 0.672. The fourth-order valence-electron chi connectivity index (χ4n) is 0.586. The molecule has 1 heterocycles. The average molecular weight is 220 g/mol. The summed E-state index contributed by atoms with van der Waals surface area (Å²) in [5.74, 6) is 0. The molecule has 0 radical (unpaired) electrons. The van der Waals surface area contributed by atoms with Gasteiger partial charge >= 0.3 is 0 Å². The molecule has 0 aliphatic rings. The Morgan fingerprint density at radius 1 is 1.70 bits per heavy atom. The highest BCUT2D eigenvalue weighted by Gasteiger charge is 2.01. The van der Waals surface area contributed by atoms with Crippen molar-refractivity contribution in [3.8, 4) is 0 Å². The van der Waals surface area contributed by atoms with Crippen LogP contribution in [0.1, 0.15) is 0 Å².